The number of sulfonamides is 1. The molecule has 0 bridgehead atoms. The lowest BCUT2D eigenvalue weighted by molar-refractivity contribution is -0.120. The number of benzene rings is 2. The molecule has 0 atom stereocenters. The monoisotopic (exact) mass is 470 g/mol. The topological polar surface area (TPSA) is 128 Å². The van der Waals surface area contributed by atoms with Crippen LogP contribution < -0.4 is 16.2 Å². The third-order valence-electron chi connectivity index (χ3n) is 5.14. The van der Waals surface area contributed by atoms with Crippen LogP contribution in [-0.2, 0) is 21.4 Å². The van der Waals surface area contributed by atoms with Crippen LogP contribution in [0.4, 0.5) is 0 Å². The molecule has 1 heterocycles. The number of pyridine rings is 1. The van der Waals surface area contributed by atoms with E-state index in [0.29, 0.717) is 25.2 Å². The van der Waals surface area contributed by atoms with E-state index >= 15 is 0 Å². The van der Waals surface area contributed by atoms with E-state index in [-0.39, 0.29) is 22.4 Å². The molecule has 0 aliphatic heterocycles. The summed E-state index contributed by atoms with van der Waals surface area (Å²) in [7, 11) is -3.76. The van der Waals surface area contributed by atoms with Crippen LogP contribution in [0.1, 0.15) is 29.8 Å². The molecule has 1 aromatic heterocycles. The van der Waals surface area contributed by atoms with E-state index in [2.05, 4.69) is 15.6 Å². The highest BCUT2D eigenvalue weighted by atomic mass is 32.2. The van der Waals surface area contributed by atoms with Crippen molar-refractivity contribution in [3.8, 4) is 0 Å². The second-order valence-corrected chi connectivity index (χ2v) is 9.23. The van der Waals surface area contributed by atoms with E-state index in [9.17, 15) is 22.8 Å². The molecule has 3 N–H and O–H groups in total. The van der Waals surface area contributed by atoms with Gasteiger partial charge in [-0.15, -0.1) is 0 Å². The zero-order valence-corrected chi connectivity index (χ0v) is 19.2. The molecule has 174 valence electrons. The Morgan fingerprint density at radius 1 is 0.970 bits per heavy atom. The number of nitrogens with zero attached hydrogens (tertiary/aromatic N) is 1. The normalized spacial score (nSPS) is 11.5. The highest BCUT2D eigenvalue weighted by Crippen LogP contribution is 2.22. The van der Waals surface area contributed by atoms with Gasteiger partial charge in [0.15, 0.2) is 0 Å². The number of carbonyl (C=O) groups is 2. The number of aromatic amines is 1. The molecule has 0 radical (unpaired) electrons. The van der Waals surface area contributed by atoms with Crippen molar-refractivity contribution in [3.63, 3.8) is 0 Å². The Bertz CT molecular complexity index is 1320. The van der Waals surface area contributed by atoms with Crippen LogP contribution >= 0.6 is 0 Å². The van der Waals surface area contributed by atoms with Gasteiger partial charge in [0.05, 0.1) is 17.0 Å². The minimum Gasteiger partial charge on any atom is -0.350 e. The first-order valence-electron chi connectivity index (χ1n) is 10.5. The van der Waals surface area contributed by atoms with Gasteiger partial charge in [0, 0.05) is 36.6 Å². The molecule has 3 rings (SSSR count). The Hall–Kier alpha value is -3.50. The molecule has 0 aliphatic rings. The van der Waals surface area contributed by atoms with E-state index in [0.717, 1.165) is 11.6 Å². The fourth-order valence-electron chi connectivity index (χ4n) is 3.41. The third-order valence-corrected chi connectivity index (χ3v) is 7.19. The molecule has 2 amide bonds. The molecule has 33 heavy (non-hydrogen) atoms. The van der Waals surface area contributed by atoms with Crippen LogP contribution in [0.3, 0.4) is 0 Å². The summed E-state index contributed by atoms with van der Waals surface area (Å²) in [6.07, 6.45) is 0. The van der Waals surface area contributed by atoms with Crippen molar-refractivity contribution in [3.05, 3.63) is 76.1 Å². The van der Waals surface area contributed by atoms with E-state index in [1.54, 1.807) is 13.8 Å². The summed E-state index contributed by atoms with van der Waals surface area (Å²) in [6.45, 7) is 4.10. The number of nitrogens with one attached hydrogen (secondary N) is 3. The molecule has 3 aromatic rings. The molecule has 0 saturated heterocycles. The number of aromatic nitrogens is 1. The van der Waals surface area contributed by atoms with Crippen LogP contribution in [0.5, 0.6) is 0 Å². The summed E-state index contributed by atoms with van der Waals surface area (Å²) < 4.78 is 27.1. The Kier molecular flexibility index (Phi) is 7.62. The van der Waals surface area contributed by atoms with Gasteiger partial charge in [0.2, 0.25) is 21.5 Å². The molecule has 9 nitrogen and oxygen atoms in total. The Morgan fingerprint density at radius 3 is 2.33 bits per heavy atom. The molecule has 0 aliphatic carbocycles. The second-order valence-electron chi connectivity index (χ2n) is 7.29. The van der Waals surface area contributed by atoms with E-state index < -0.39 is 27.4 Å². The lowest BCUT2D eigenvalue weighted by Crippen LogP contribution is -2.37. The lowest BCUT2D eigenvalue weighted by atomic mass is 10.1. The maximum absolute atomic E-state index is 12.9. The number of amides is 2. The number of H-pyrrole nitrogens is 1. The molecule has 0 unspecified atom stereocenters. The van der Waals surface area contributed by atoms with Crippen molar-refractivity contribution in [2.24, 2.45) is 0 Å². The summed E-state index contributed by atoms with van der Waals surface area (Å²) in [5.41, 5.74) is 0.709. The number of rotatable bonds is 9. The highest BCUT2D eigenvalue weighted by Gasteiger charge is 2.23. The van der Waals surface area contributed by atoms with Crippen molar-refractivity contribution >= 4 is 32.7 Å². The summed E-state index contributed by atoms with van der Waals surface area (Å²) in [5, 5.41) is 5.46. The SMILES string of the molecule is CCN(CC)S(=O)(=O)c1ccc2[nH]c(=O)cc(C(=O)NCC(=O)NCc3ccccc3)c2c1. The first-order chi connectivity index (χ1) is 15.8. The Balaban J connectivity index is 1.81. The van der Waals surface area contributed by atoms with Gasteiger partial charge in [-0.3, -0.25) is 14.4 Å². The van der Waals surface area contributed by atoms with E-state index in [1.807, 2.05) is 30.3 Å². The summed E-state index contributed by atoms with van der Waals surface area (Å²) in [6, 6.07) is 14.6. The van der Waals surface area contributed by atoms with Gasteiger partial charge in [0.1, 0.15) is 0 Å². The lowest BCUT2D eigenvalue weighted by Gasteiger charge is -2.19. The van der Waals surface area contributed by atoms with Crippen LogP contribution in [0, 0.1) is 0 Å². The summed E-state index contributed by atoms with van der Waals surface area (Å²) in [5.74, 6) is -1.05. The number of fused-ring (bicyclic) bond motifs is 1. The van der Waals surface area contributed by atoms with Gasteiger partial charge < -0.3 is 15.6 Å². The minimum atomic E-state index is -3.76. The maximum Gasteiger partial charge on any atom is 0.252 e. The predicted octanol–water partition coefficient (Wildman–Crippen LogP) is 1.60. The van der Waals surface area contributed by atoms with E-state index in [1.165, 1.54) is 22.5 Å². The van der Waals surface area contributed by atoms with Gasteiger partial charge in [-0.05, 0) is 23.8 Å². The zero-order chi connectivity index (χ0) is 24.0. The van der Waals surface area contributed by atoms with Crippen molar-refractivity contribution in [2.75, 3.05) is 19.6 Å². The van der Waals surface area contributed by atoms with E-state index in [4.69, 9.17) is 0 Å². The molecule has 0 saturated carbocycles. The molecule has 0 spiro atoms. The molecule has 0 fully saturated rings. The predicted molar refractivity (Wildman–Crippen MR) is 125 cm³/mol. The maximum atomic E-state index is 12.9. The van der Waals surface area contributed by atoms with Crippen LogP contribution in [0.25, 0.3) is 10.9 Å². The van der Waals surface area contributed by atoms with Gasteiger partial charge in [-0.1, -0.05) is 44.2 Å². The summed E-state index contributed by atoms with van der Waals surface area (Å²) >= 11 is 0. The van der Waals surface area contributed by atoms with Crippen LogP contribution in [-0.4, -0.2) is 49.2 Å². The standard InChI is InChI=1S/C23H26N4O5S/c1-3-27(4-2)33(31,32)17-10-11-20-18(12-17)19(13-21(28)26-20)23(30)25-15-22(29)24-14-16-8-6-5-7-9-16/h5-13H,3-4,14-15H2,1-2H3,(H,24,29)(H,25,30)(H,26,28). The molecule has 2 aromatic carbocycles. The largest absolute Gasteiger partial charge is 0.350 e. The molecular weight excluding hydrogens is 444 g/mol. The number of carbonyl (C=O) groups excluding carboxylic acids is 2. The fraction of sp³-hybridized carbons (Fsp3) is 0.261. The number of hydrogen-bond donors (Lipinski definition) is 3. The van der Waals surface area contributed by atoms with Gasteiger partial charge in [-0.25, -0.2) is 8.42 Å². The molecular formula is C23H26N4O5S. The highest BCUT2D eigenvalue weighted by molar-refractivity contribution is 7.89. The van der Waals surface area contributed by atoms with Crippen molar-refractivity contribution in [2.45, 2.75) is 25.3 Å². The average molecular weight is 471 g/mol. The minimum absolute atomic E-state index is 0.0128. The number of hydrogen-bond acceptors (Lipinski definition) is 5. The quantitative estimate of drug-likeness (QED) is 0.438. The summed E-state index contributed by atoms with van der Waals surface area (Å²) in [4.78, 5) is 39.6. The van der Waals surface area contributed by atoms with Gasteiger partial charge >= 0.3 is 0 Å². The average Bonchev–Trinajstić information content (AvgIpc) is 2.81. The zero-order valence-electron chi connectivity index (χ0n) is 18.4. The van der Waals surface area contributed by atoms with Gasteiger partial charge in [-0.2, -0.15) is 4.31 Å². The third kappa shape index (κ3) is 5.65. The van der Waals surface area contributed by atoms with Crippen molar-refractivity contribution in [1.29, 1.82) is 0 Å². The van der Waals surface area contributed by atoms with Crippen molar-refractivity contribution in [1.82, 2.24) is 19.9 Å². The van der Waals surface area contributed by atoms with Crippen LogP contribution in [0.2, 0.25) is 0 Å². The second kappa shape index (κ2) is 10.4. The van der Waals surface area contributed by atoms with Gasteiger partial charge in [0.25, 0.3) is 5.91 Å². The first kappa shape index (κ1) is 24.1. The Morgan fingerprint density at radius 2 is 1.67 bits per heavy atom. The smallest absolute Gasteiger partial charge is 0.252 e. The Labute approximate surface area is 191 Å². The molecule has 10 heteroatoms. The first-order valence-corrected chi connectivity index (χ1v) is 12.0. The van der Waals surface area contributed by atoms with Crippen molar-refractivity contribution < 1.29 is 18.0 Å². The van der Waals surface area contributed by atoms with Crippen LogP contribution in [0.15, 0.2) is 64.3 Å². The fourth-order valence-corrected chi connectivity index (χ4v) is 4.89.